The van der Waals surface area contributed by atoms with Crippen molar-refractivity contribution in [1.29, 1.82) is 0 Å². The summed E-state index contributed by atoms with van der Waals surface area (Å²) in [6, 6.07) is 9.43. The van der Waals surface area contributed by atoms with E-state index in [1.165, 1.54) is 0 Å². The Morgan fingerprint density at radius 2 is 1.39 bits per heavy atom. The zero-order chi connectivity index (χ0) is 31.9. The van der Waals surface area contributed by atoms with E-state index in [-0.39, 0.29) is 70.7 Å². The number of carboxylic acids is 1. The van der Waals surface area contributed by atoms with Crippen LogP contribution in [0.5, 0.6) is 0 Å². The number of ether oxygens (including phenoxy) is 1. The fraction of sp³-hybridized carbons (Fsp3) is 0.679. The van der Waals surface area contributed by atoms with E-state index in [0.29, 0.717) is 6.54 Å². The lowest BCUT2D eigenvalue weighted by atomic mass is 10.2. The molecule has 0 saturated heterocycles. The van der Waals surface area contributed by atoms with Crippen LogP contribution in [0.4, 0.5) is 0 Å². The third-order valence-corrected chi connectivity index (χ3v) is 21.3. The molecule has 2 atom stereocenters. The van der Waals surface area contributed by atoms with Gasteiger partial charge in [0.05, 0.1) is 22.6 Å². The fourth-order valence-electron chi connectivity index (χ4n) is 3.79. The van der Waals surface area contributed by atoms with Gasteiger partial charge in [0.15, 0.2) is 0 Å². The van der Waals surface area contributed by atoms with Crippen molar-refractivity contribution >= 4 is 34.6 Å². The van der Waals surface area contributed by atoms with E-state index in [4.69, 9.17) is 25.5 Å². The highest BCUT2D eigenvalue weighted by Crippen LogP contribution is 2.45. The van der Waals surface area contributed by atoms with Crippen molar-refractivity contribution in [1.82, 2.24) is 6.15 Å². The summed E-state index contributed by atoms with van der Waals surface area (Å²) in [5, 5.41) is 26.9. The molecule has 41 heavy (non-hydrogen) atoms. The Balaban J connectivity index is -0.000000689. The maximum atomic E-state index is 12.2. The second kappa shape index (κ2) is 18.7. The zero-order valence-electron chi connectivity index (χ0n) is 26.7. The Bertz CT molecular complexity index is 931. The molecule has 0 bridgehead atoms. The van der Waals surface area contributed by atoms with Crippen molar-refractivity contribution in [2.24, 2.45) is 5.73 Å². The number of carbonyl (C=O) groups excluding carboxylic acids is 1. The fourth-order valence-corrected chi connectivity index (χ4v) is 8.80. The van der Waals surface area contributed by atoms with Crippen LogP contribution in [0.3, 0.4) is 0 Å². The maximum absolute atomic E-state index is 12.2. The monoisotopic (exact) mass is 617 g/mol. The topological polar surface area (TPSA) is 205 Å². The predicted molar refractivity (Wildman–Crippen MR) is 170 cm³/mol. The van der Waals surface area contributed by atoms with E-state index < -0.39 is 22.1 Å². The molecule has 1 aromatic carbocycles. The van der Waals surface area contributed by atoms with Gasteiger partial charge in [0.1, 0.15) is 6.61 Å². The Kier molecular flexibility index (Phi) is 19.6. The van der Waals surface area contributed by atoms with Gasteiger partial charge in [0.2, 0.25) is 6.54 Å². The second-order valence-electron chi connectivity index (χ2n) is 13.1. The number of hydrogen-bond donors (Lipinski definition) is 4. The zero-order valence-corrected chi connectivity index (χ0v) is 28.7. The SMILES string of the molecule is CC(C)(C)[Si](C)(C)C(CC(=O)OCc1ccccc1)C[N+](=O)[O-].CC(C)(C)[Si](C)(C)C(CN)CC(=O)O.N.O=CO. The molecule has 0 amide bonds. The molecule has 0 fully saturated rings. The average molecular weight is 618 g/mol. The quantitative estimate of drug-likeness (QED) is 0.0703. The van der Waals surface area contributed by atoms with Gasteiger partial charge in [-0.05, 0) is 27.7 Å². The van der Waals surface area contributed by atoms with E-state index in [9.17, 15) is 19.7 Å². The Morgan fingerprint density at radius 1 is 0.976 bits per heavy atom. The Labute approximate surface area is 248 Å². The lowest BCUT2D eigenvalue weighted by Gasteiger charge is -2.42. The van der Waals surface area contributed by atoms with Gasteiger partial charge in [-0.2, -0.15) is 0 Å². The normalized spacial score (nSPS) is 13.0. The minimum Gasteiger partial charge on any atom is -0.483 e. The standard InChI is InChI=1S/C17H27NO4Si.C10H23NO2Si.CH2O2.H3N/c1-17(2,3)23(4,5)15(12-18(20)21)11-16(19)22-13-14-9-7-6-8-10-14;1-10(2,3)14(4,5)8(7-11)6-9(12)13;2-1-3;/h6-10,15H,11-13H2,1-5H3;8H,6-7,11H2,1-5H3,(H,12,13);1H,(H,2,3);1H3. The van der Waals surface area contributed by atoms with Crippen molar-refractivity contribution in [3.8, 4) is 0 Å². The number of aliphatic carboxylic acids is 1. The van der Waals surface area contributed by atoms with Crippen molar-refractivity contribution in [3.63, 3.8) is 0 Å². The summed E-state index contributed by atoms with van der Waals surface area (Å²) in [7, 11) is -3.61. The lowest BCUT2D eigenvalue weighted by molar-refractivity contribution is -0.480. The van der Waals surface area contributed by atoms with Gasteiger partial charge in [-0.15, -0.1) is 0 Å². The number of nitrogens with zero attached hydrogens (tertiary/aromatic N) is 1. The highest BCUT2D eigenvalue weighted by Gasteiger charge is 2.45. The molecule has 0 aliphatic carbocycles. The summed E-state index contributed by atoms with van der Waals surface area (Å²) in [6.07, 6.45) is 0.331. The number of rotatable bonds is 11. The molecule has 2 unspecified atom stereocenters. The number of hydrogen-bond acceptors (Lipinski definition) is 8. The third kappa shape index (κ3) is 15.8. The maximum Gasteiger partial charge on any atom is 0.306 e. The van der Waals surface area contributed by atoms with E-state index in [2.05, 4.69) is 67.7 Å². The van der Waals surface area contributed by atoms with Crippen LogP contribution < -0.4 is 11.9 Å². The number of nitro groups is 1. The average Bonchev–Trinajstić information content (AvgIpc) is 2.80. The Hall–Kier alpha value is -2.62. The van der Waals surface area contributed by atoms with E-state index in [1.54, 1.807) is 0 Å². The first-order chi connectivity index (χ1) is 18.1. The highest BCUT2D eigenvalue weighted by atomic mass is 28.3. The minimum absolute atomic E-state index is 0. The number of nitrogens with two attached hydrogens (primary N) is 1. The van der Waals surface area contributed by atoms with Crippen molar-refractivity contribution in [2.45, 2.75) is 108 Å². The molecule has 0 saturated carbocycles. The number of carboxylic acid groups (broad SMARTS) is 2. The predicted octanol–water partition coefficient (Wildman–Crippen LogP) is 6.44. The van der Waals surface area contributed by atoms with Gasteiger partial charge >= 0.3 is 11.9 Å². The lowest BCUT2D eigenvalue weighted by Crippen LogP contribution is -2.45. The molecule has 1 aromatic rings. The largest absolute Gasteiger partial charge is 0.483 e. The molecule has 0 aliphatic heterocycles. The van der Waals surface area contributed by atoms with Crippen LogP contribution in [-0.4, -0.2) is 62.8 Å². The molecule has 238 valence electrons. The summed E-state index contributed by atoms with van der Waals surface area (Å²) < 4.78 is 5.31. The number of esters is 1. The van der Waals surface area contributed by atoms with Gasteiger partial charge < -0.3 is 26.8 Å². The van der Waals surface area contributed by atoms with Crippen molar-refractivity contribution < 1.29 is 34.3 Å². The Morgan fingerprint density at radius 3 is 1.73 bits per heavy atom. The van der Waals surface area contributed by atoms with Crippen LogP contribution >= 0.6 is 0 Å². The molecule has 1 rings (SSSR count). The molecule has 0 spiro atoms. The first-order valence-electron chi connectivity index (χ1n) is 13.4. The molecule has 0 aliphatic rings. The number of carbonyl (C=O) groups is 3. The van der Waals surface area contributed by atoms with Crippen molar-refractivity contribution in [2.75, 3.05) is 13.1 Å². The van der Waals surface area contributed by atoms with Gasteiger partial charge in [-0.1, -0.05) is 98.1 Å². The van der Waals surface area contributed by atoms with Crippen molar-refractivity contribution in [3.05, 3.63) is 46.0 Å². The van der Waals surface area contributed by atoms with Crippen LogP contribution in [0.15, 0.2) is 30.3 Å². The minimum atomic E-state index is -2.01. The summed E-state index contributed by atoms with van der Waals surface area (Å²) in [5.74, 6) is -1.09. The third-order valence-electron chi connectivity index (χ3n) is 8.64. The number of benzene rings is 1. The van der Waals surface area contributed by atoms with Crippen LogP contribution in [0.2, 0.25) is 47.3 Å². The smallest absolute Gasteiger partial charge is 0.306 e. The first kappa shape index (κ1) is 42.8. The van der Waals surface area contributed by atoms with E-state index in [1.807, 2.05) is 30.3 Å². The molecule has 0 radical (unpaired) electrons. The molecule has 0 heterocycles. The first-order valence-corrected chi connectivity index (χ1v) is 19.5. The van der Waals surface area contributed by atoms with E-state index in [0.717, 1.165) is 5.56 Å². The summed E-state index contributed by atoms with van der Waals surface area (Å²) in [5.41, 5.74) is 6.52. The van der Waals surface area contributed by atoms with Gasteiger partial charge in [0.25, 0.3) is 6.47 Å². The molecule has 0 aromatic heterocycles. The van der Waals surface area contributed by atoms with Gasteiger partial charge in [0, 0.05) is 16.9 Å². The molecular formula is C28H55N3O8Si2. The van der Waals surface area contributed by atoms with Crippen LogP contribution in [0, 0.1) is 10.1 Å². The summed E-state index contributed by atoms with van der Waals surface area (Å²) >= 11 is 0. The van der Waals surface area contributed by atoms with Gasteiger partial charge in [-0.25, -0.2) is 0 Å². The van der Waals surface area contributed by atoms with Gasteiger partial charge in [-0.3, -0.25) is 24.5 Å². The molecule has 13 heteroatoms. The summed E-state index contributed by atoms with van der Waals surface area (Å²) in [6.45, 7) is 21.8. The molecule has 11 nitrogen and oxygen atoms in total. The summed E-state index contributed by atoms with van der Waals surface area (Å²) in [4.78, 5) is 41.9. The second-order valence-corrected chi connectivity index (χ2v) is 24.7. The molecule has 7 N–H and O–H groups in total. The van der Waals surface area contributed by atoms with Crippen LogP contribution in [0.1, 0.15) is 59.9 Å². The molecular weight excluding hydrogens is 562 g/mol. The van der Waals surface area contributed by atoms with Crippen LogP contribution in [0.25, 0.3) is 0 Å². The van der Waals surface area contributed by atoms with Crippen LogP contribution in [-0.2, 0) is 25.7 Å². The highest BCUT2D eigenvalue weighted by molar-refractivity contribution is 6.82. The van der Waals surface area contributed by atoms with E-state index >= 15 is 0 Å².